The summed E-state index contributed by atoms with van der Waals surface area (Å²) in [5.74, 6) is -2.39. The predicted molar refractivity (Wildman–Crippen MR) is 436 cm³/mol. The van der Waals surface area contributed by atoms with Gasteiger partial charge < -0.3 is 33.8 Å². The first-order valence-electron chi connectivity index (χ1n) is 41.1. The number of hydrogen-bond acceptors (Lipinski definition) is 15. The Balaban J connectivity index is 5.52. The highest BCUT2D eigenvalue weighted by molar-refractivity contribution is 7.47. The molecule has 0 saturated heterocycles. The van der Waals surface area contributed by atoms with Crippen molar-refractivity contribution in [1.29, 1.82) is 0 Å². The van der Waals surface area contributed by atoms with Crippen LogP contribution in [0, 0.1) is 0 Å². The zero-order valence-corrected chi connectivity index (χ0v) is 68.1. The van der Waals surface area contributed by atoms with Gasteiger partial charge in [-0.25, -0.2) is 9.13 Å². The maximum absolute atomic E-state index is 13.1. The summed E-state index contributed by atoms with van der Waals surface area (Å²) in [7, 11) is -10.0. The van der Waals surface area contributed by atoms with Crippen LogP contribution in [0.4, 0.5) is 0 Å². The average molecular weight is 1530 g/mol. The Morgan fingerprint density at radius 3 is 0.821 bits per heavy atom. The lowest BCUT2D eigenvalue weighted by molar-refractivity contribution is -0.161. The smallest absolute Gasteiger partial charge is 0.462 e. The third kappa shape index (κ3) is 77.1. The van der Waals surface area contributed by atoms with Crippen molar-refractivity contribution in [1.82, 2.24) is 0 Å². The molecule has 106 heavy (non-hydrogen) atoms. The highest BCUT2D eigenvalue weighted by atomic mass is 31.2. The van der Waals surface area contributed by atoms with Crippen LogP contribution < -0.4 is 0 Å². The van der Waals surface area contributed by atoms with Crippen LogP contribution in [-0.2, 0) is 65.4 Å². The van der Waals surface area contributed by atoms with Gasteiger partial charge in [0.05, 0.1) is 26.4 Å². The van der Waals surface area contributed by atoms with Gasteiger partial charge in [0.25, 0.3) is 0 Å². The molecule has 0 amide bonds. The summed E-state index contributed by atoms with van der Waals surface area (Å²) in [5, 5.41) is 10.6. The second-order valence-electron chi connectivity index (χ2n) is 27.0. The van der Waals surface area contributed by atoms with Crippen LogP contribution in [0.15, 0.2) is 146 Å². The van der Waals surface area contributed by atoms with Crippen LogP contribution >= 0.6 is 15.6 Å². The molecule has 0 spiro atoms. The van der Waals surface area contributed by atoms with Gasteiger partial charge in [0, 0.05) is 25.7 Å². The van der Waals surface area contributed by atoms with E-state index in [2.05, 4.69) is 137 Å². The van der Waals surface area contributed by atoms with E-state index in [1.807, 2.05) is 36.5 Å². The third-order valence-electron chi connectivity index (χ3n) is 16.8. The largest absolute Gasteiger partial charge is 0.472 e. The summed E-state index contributed by atoms with van der Waals surface area (Å²) < 4.78 is 68.5. The molecule has 5 atom stereocenters. The van der Waals surface area contributed by atoms with Gasteiger partial charge in [-0.2, -0.15) is 0 Å². The van der Waals surface area contributed by atoms with Gasteiger partial charge in [0.1, 0.15) is 19.3 Å². The normalized spacial score (nSPS) is 14.6. The summed E-state index contributed by atoms with van der Waals surface area (Å²) in [4.78, 5) is 73.0. The fourth-order valence-corrected chi connectivity index (χ4v) is 12.0. The van der Waals surface area contributed by atoms with Crippen molar-refractivity contribution in [2.45, 2.75) is 341 Å². The van der Waals surface area contributed by atoms with E-state index in [1.54, 1.807) is 0 Å². The number of aliphatic hydroxyl groups is 1. The van der Waals surface area contributed by atoms with Gasteiger partial charge in [0.15, 0.2) is 12.2 Å². The Morgan fingerprint density at radius 1 is 0.264 bits per heavy atom. The maximum atomic E-state index is 13.1. The van der Waals surface area contributed by atoms with Gasteiger partial charge in [-0.15, -0.1) is 0 Å². The number of carbonyl (C=O) groups is 4. The Kier molecular flexibility index (Phi) is 74.3. The number of hydrogen-bond donors (Lipinski definition) is 3. The van der Waals surface area contributed by atoms with Crippen molar-refractivity contribution in [3.8, 4) is 0 Å². The van der Waals surface area contributed by atoms with E-state index in [4.69, 9.17) is 37.0 Å². The van der Waals surface area contributed by atoms with Gasteiger partial charge in [-0.3, -0.25) is 37.3 Å². The number of allylic oxidation sites excluding steroid dienone is 24. The number of carbonyl (C=O) groups excluding carboxylic acids is 4. The van der Waals surface area contributed by atoms with E-state index in [0.29, 0.717) is 38.5 Å². The molecule has 0 radical (unpaired) electrons. The first-order valence-corrected chi connectivity index (χ1v) is 44.1. The first kappa shape index (κ1) is 101. The summed E-state index contributed by atoms with van der Waals surface area (Å²) in [6.45, 7) is 4.62. The number of ether oxygens (including phenoxy) is 4. The van der Waals surface area contributed by atoms with Crippen molar-refractivity contribution in [2.75, 3.05) is 39.6 Å². The van der Waals surface area contributed by atoms with Crippen molar-refractivity contribution in [2.24, 2.45) is 0 Å². The van der Waals surface area contributed by atoms with Crippen LogP contribution in [0.25, 0.3) is 0 Å². The lowest BCUT2D eigenvalue weighted by atomic mass is 10.1. The van der Waals surface area contributed by atoms with E-state index in [9.17, 15) is 43.2 Å². The third-order valence-corrected chi connectivity index (χ3v) is 18.7. The van der Waals surface area contributed by atoms with Crippen LogP contribution in [0.1, 0.15) is 323 Å². The van der Waals surface area contributed by atoms with E-state index >= 15 is 0 Å². The van der Waals surface area contributed by atoms with Crippen molar-refractivity contribution in [3.05, 3.63) is 146 Å². The highest BCUT2D eigenvalue weighted by Gasteiger charge is 2.30. The molecule has 0 aliphatic carbocycles. The summed E-state index contributed by atoms with van der Waals surface area (Å²) in [6.07, 6.45) is 90.0. The van der Waals surface area contributed by atoms with Gasteiger partial charge >= 0.3 is 39.5 Å². The molecule has 0 saturated carbocycles. The zero-order valence-electron chi connectivity index (χ0n) is 66.3. The standard InChI is InChI=1S/C87H146O17P2/c1-5-9-13-17-21-25-29-33-36-38-40-42-45-48-52-56-60-64-68-72-85(90)98-78-83(104-87(92)74-70-66-62-58-54-50-46-43-41-39-37-34-30-26-22-18-14-10-6-2)80-102-106(95,96)100-76-81(88)75-99-105(93,94)101-79-82(77-97-84(89)71-67-63-59-55-51-47-32-28-24-20-16-12-8-4)103-86(91)73-69-65-61-57-53-49-44-35-31-27-23-19-15-11-7-3/h21-22,25-26,28,32-37,40-44,48,50,52,54,60,62,64,66,81-83,88H,5-20,23-24,27,29-31,38-39,45-47,49,51,53,55-59,61,63,65,67-80H2,1-4H3,(H,93,94)(H,95,96)/b25-21-,26-22-,32-28-,36-33-,37-34-,42-40-,43-41-,44-35-,52-48-,54-50-,64-60-,66-62-/t81-,82+,83+/m0/s1. The van der Waals surface area contributed by atoms with Crippen LogP contribution in [0.3, 0.4) is 0 Å². The van der Waals surface area contributed by atoms with Crippen molar-refractivity contribution >= 4 is 39.5 Å². The molecule has 0 fully saturated rings. The van der Waals surface area contributed by atoms with E-state index in [0.717, 1.165) is 128 Å². The van der Waals surface area contributed by atoms with E-state index < -0.39 is 97.5 Å². The molecule has 0 rings (SSSR count). The fraction of sp³-hybridized carbons (Fsp3) is 0.678. The molecule has 17 nitrogen and oxygen atoms in total. The minimum absolute atomic E-state index is 0.0182. The quantitative estimate of drug-likeness (QED) is 0.0169. The number of rotatable bonds is 76. The topological polar surface area (TPSA) is 237 Å². The molecule has 2 unspecified atom stereocenters. The number of unbranched alkanes of at least 4 members (excludes halogenated alkanes) is 26. The Labute approximate surface area is 643 Å². The molecule has 0 aliphatic heterocycles. The Hall–Kier alpha value is -5.06. The average Bonchev–Trinajstić information content (AvgIpc) is 0.903. The SMILES string of the molecule is CCCCC/C=C\C/C=C\C/C=C\C/C=C\C/C=C\CCC(=O)OC[C@H](COP(=O)(O)OC[C@@H](O)COP(=O)(O)OC[C@@H](COC(=O)CCCCCCC/C=C\CCCCCC)OC(=O)CCCCCCC/C=C\CCCCCCCC)OC(=O)CC/C=C\C/C=C\C/C=C\C/C=C\C/C=C\CCCCC. The minimum Gasteiger partial charge on any atom is -0.462 e. The minimum atomic E-state index is -5.02. The lowest BCUT2D eigenvalue weighted by Crippen LogP contribution is -2.30. The zero-order chi connectivity index (χ0) is 77.4. The maximum Gasteiger partial charge on any atom is 0.472 e. The number of phosphoric ester groups is 2. The van der Waals surface area contributed by atoms with Crippen molar-refractivity contribution < 1.29 is 80.2 Å². The number of aliphatic hydroxyl groups excluding tert-OH is 1. The highest BCUT2D eigenvalue weighted by Crippen LogP contribution is 2.45. The summed E-state index contributed by atoms with van der Waals surface area (Å²) in [6, 6.07) is 0. The van der Waals surface area contributed by atoms with Gasteiger partial charge in [0.2, 0.25) is 0 Å². The van der Waals surface area contributed by atoms with E-state index in [-0.39, 0.29) is 25.7 Å². The summed E-state index contributed by atoms with van der Waals surface area (Å²) in [5.41, 5.74) is 0. The first-order chi connectivity index (χ1) is 51.7. The Morgan fingerprint density at radius 2 is 0.481 bits per heavy atom. The Bertz CT molecular complexity index is 2580. The second kappa shape index (κ2) is 78.1. The molecule has 0 heterocycles. The molecule has 3 N–H and O–H groups in total. The second-order valence-corrected chi connectivity index (χ2v) is 29.9. The molecule has 606 valence electrons. The summed E-state index contributed by atoms with van der Waals surface area (Å²) >= 11 is 0. The number of esters is 4. The van der Waals surface area contributed by atoms with Gasteiger partial charge in [-0.1, -0.05) is 289 Å². The molecule has 0 bridgehead atoms. The molecule has 0 aromatic heterocycles. The lowest BCUT2D eigenvalue weighted by Gasteiger charge is -2.21. The molecule has 0 aliphatic rings. The van der Waals surface area contributed by atoms with Crippen LogP contribution in [-0.4, -0.2) is 96.7 Å². The van der Waals surface area contributed by atoms with E-state index in [1.165, 1.54) is 103 Å². The fourth-order valence-electron chi connectivity index (χ4n) is 10.5. The molecule has 19 heteroatoms. The molecular weight excluding hydrogens is 1380 g/mol. The predicted octanol–water partition coefficient (Wildman–Crippen LogP) is 24.2. The molecule has 0 aromatic carbocycles. The molecular formula is C87H146O17P2. The van der Waals surface area contributed by atoms with Crippen molar-refractivity contribution in [3.63, 3.8) is 0 Å². The molecule has 0 aromatic rings. The van der Waals surface area contributed by atoms with Crippen LogP contribution in [0.2, 0.25) is 0 Å². The number of phosphoric acid groups is 2. The van der Waals surface area contributed by atoms with Gasteiger partial charge in [-0.05, 0) is 154 Å². The van der Waals surface area contributed by atoms with Crippen LogP contribution in [0.5, 0.6) is 0 Å². The monoisotopic (exact) mass is 1530 g/mol.